The molecule has 0 aliphatic heterocycles. The van der Waals surface area contributed by atoms with E-state index >= 15 is 0 Å². The van der Waals surface area contributed by atoms with Crippen LogP contribution in [-0.4, -0.2) is 24.9 Å². The molecule has 0 aliphatic rings. The first-order valence-electron chi connectivity index (χ1n) is 9.38. The topological polar surface area (TPSA) is 58.2 Å². The molecule has 31 heavy (non-hydrogen) atoms. The van der Waals surface area contributed by atoms with Crippen LogP contribution in [0.15, 0.2) is 48.6 Å². The van der Waals surface area contributed by atoms with Crippen molar-refractivity contribution in [1.82, 2.24) is 10.6 Å². The maximum atomic E-state index is 12.1. The summed E-state index contributed by atoms with van der Waals surface area (Å²) in [5, 5.41) is 7.43. The van der Waals surface area contributed by atoms with E-state index in [1.54, 1.807) is 48.6 Å². The number of hydrogen-bond acceptors (Lipinski definition) is 2. The van der Waals surface area contributed by atoms with E-state index in [1.807, 2.05) is 13.8 Å². The van der Waals surface area contributed by atoms with Crippen molar-refractivity contribution in [2.45, 2.75) is 13.8 Å². The second-order valence-electron chi connectivity index (χ2n) is 7.61. The Hall–Kier alpha value is -1.98. The summed E-state index contributed by atoms with van der Waals surface area (Å²) in [5.74, 6) is -0.491. The Bertz CT molecular complexity index is 937. The Balaban J connectivity index is 1.79. The Morgan fingerprint density at radius 2 is 1.13 bits per heavy atom. The number of amides is 2. The smallest absolute Gasteiger partial charge is 0.244 e. The predicted octanol–water partition coefficient (Wildman–Crippen LogP) is 6.29. The lowest BCUT2D eigenvalue weighted by molar-refractivity contribution is -0.116. The molecular weight excluding hydrogens is 478 g/mol. The van der Waals surface area contributed by atoms with Crippen LogP contribution in [0.1, 0.15) is 25.0 Å². The fourth-order valence-electron chi connectivity index (χ4n) is 2.41. The number of hydrogen-bond donors (Lipinski definition) is 2. The van der Waals surface area contributed by atoms with Gasteiger partial charge in [-0.15, -0.1) is 0 Å². The third-order valence-corrected chi connectivity index (χ3v) is 5.70. The molecule has 2 aromatic carbocycles. The summed E-state index contributed by atoms with van der Waals surface area (Å²) in [5.41, 5.74) is 1.19. The van der Waals surface area contributed by atoms with Gasteiger partial charge in [0.1, 0.15) is 0 Å². The summed E-state index contributed by atoms with van der Waals surface area (Å²) < 4.78 is 0. The third kappa shape index (κ3) is 8.96. The molecule has 8 heteroatoms. The van der Waals surface area contributed by atoms with Crippen LogP contribution in [0.2, 0.25) is 20.1 Å². The van der Waals surface area contributed by atoms with Gasteiger partial charge < -0.3 is 10.6 Å². The van der Waals surface area contributed by atoms with E-state index in [1.165, 1.54) is 12.2 Å². The average Bonchev–Trinajstić information content (AvgIpc) is 2.72. The van der Waals surface area contributed by atoms with Crippen molar-refractivity contribution in [3.05, 3.63) is 79.8 Å². The van der Waals surface area contributed by atoms with Crippen molar-refractivity contribution in [1.29, 1.82) is 0 Å². The second-order valence-corrected chi connectivity index (χ2v) is 9.24. The molecule has 0 atom stereocenters. The number of carbonyl (C=O) groups is 2. The van der Waals surface area contributed by atoms with Crippen molar-refractivity contribution in [2.75, 3.05) is 13.1 Å². The Labute approximate surface area is 202 Å². The minimum atomic E-state index is -0.347. The monoisotopic (exact) mass is 498 g/mol. The highest BCUT2D eigenvalue weighted by Gasteiger charge is 2.19. The highest BCUT2D eigenvalue weighted by Crippen LogP contribution is 2.24. The molecule has 0 heterocycles. The number of nitrogens with one attached hydrogen (secondary N) is 2. The predicted molar refractivity (Wildman–Crippen MR) is 131 cm³/mol. The normalized spacial score (nSPS) is 11.8. The highest BCUT2D eigenvalue weighted by molar-refractivity contribution is 6.42. The van der Waals surface area contributed by atoms with Crippen LogP contribution in [0.3, 0.4) is 0 Å². The molecule has 0 spiro atoms. The lowest BCUT2D eigenvalue weighted by Crippen LogP contribution is -2.41. The largest absolute Gasteiger partial charge is 0.352 e. The molecule has 0 radical (unpaired) electrons. The van der Waals surface area contributed by atoms with Crippen molar-refractivity contribution < 1.29 is 9.59 Å². The number of carbonyl (C=O) groups excluding carboxylic acids is 2. The van der Waals surface area contributed by atoms with Gasteiger partial charge >= 0.3 is 0 Å². The molecule has 4 nitrogen and oxygen atoms in total. The molecule has 0 unspecified atom stereocenters. The molecule has 2 N–H and O–H groups in total. The van der Waals surface area contributed by atoms with Gasteiger partial charge in [-0.1, -0.05) is 72.4 Å². The molecule has 0 bridgehead atoms. The van der Waals surface area contributed by atoms with E-state index in [-0.39, 0.29) is 17.2 Å². The van der Waals surface area contributed by atoms with Crippen LogP contribution in [0.5, 0.6) is 0 Å². The minimum Gasteiger partial charge on any atom is -0.352 e. The van der Waals surface area contributed by atoms with E-state index in [2.05, 4.69) is 10.6 Å². The molecule has 0 aliphatic carbocycles. The number of rotatable bonds is 8. The van der Waals surface area contributed by atoms with Crippen LogP contribution in [0.25, 0.3) is 12.2 Å². The van der Waals surface area contributed by atoms with Gasteiger partial charge in [0.25, 0.3) is 0 Å². The van der Waals surface area contributed by atoms with Crippen molar-refractivity contribution in [3.8, 4) is 0 Å². The first-order chi connectivity index (χ1) is 14.6. The van der Waals surface area contributed by atoms with Crippen molar-refractivity contribution >= 4 is 70.4 Å². The van der Waals surface area contributed by atoms with Crippen molar-refractivity contribution in [3.63, 3.8) is 0 Å². The molecule has 0 aromatic heterocycles. The van der Waals surface area contributed by atoms with E-state index in [0.29, 0.717) is 33.2 Å². The average molecular weight is 500 g/mol. The molecular formula is C23H22Cl4N2O2. The molecule has 0 fully saturated rings. The highest BCUT2D eigenvalue weighted by atomic mass is 35.5. The van der Waals surface area contributed by atoms with Gasteiger partial charge in [0.05, 0.1) is 20.1 Å². The van der Waals surface area contributed by atoms with Gasteiger partial charge in [0.15, 0.2) is 0 Å². The van der Waals surface area contributed by atoms with Gasteiger partial charge in [0.2, 0.25) is 11.8 Å². The SMILES string of the molecule is CC(C)(CNC(=O)/C=C/c1ccc(Cl)c(Cl)c1)CNC(=O)/C=C/c1ccc(Cl)c(Cl)c1. The maximum absolute atomic E-state index is 12.1. The van der Waals surface area contributed by atoms with Crippen LogP contribution in [0.4, 0.5) is 0 Å². The fourth-order valence-corrected chi connectivity index (χ4v) is 3.02. The zero-order chi connectivity index (χ0) is 23.0. The Kier molecular flexibility index (Phi) is 9.45. The van der Waals surface area contributed by atoms with Gasteiger partial charge in [-0.25, -0.2) is 0 Å². The van der Waals surface area contributed by atoms with Crippen LogP contribution in [0, 0.1) is 5.41 Å². The fraction of sp³-hybridized carbons (Fsp3) is 0.217. The van der Waals surface area contributed by atoms with Crippen LogP contribution >= 0.6 is 46.4 Å². The molecule has 2 rings (SSSR count). The molecule has 164 valence electrons. The zero-order valence-electron chi connectivity index (χ0n) is 17.0. The number of benzene rings is 2. The standard InChI is InChI=1S/C23H22Cl4N2O2/c1-23(2,13-28-21(30)9-5-15-3-7-17(24)19(26)11-15)14-29-22(31)10-6-16-4-8-18(25)20(27)12-16/h3-12H,13-14H2,1-2H3,(H,28,30)(H,29,31)/b9-5+,10-6+. The van der Waals surface area contributed by atoms with Gasteiger partial charge in [-0.3, -0.25) is 9.59 Å². The quantitative estimate of drug-likeness (QED) is 0.419. The molecule has 0 saturated heterocycles. The van der Waals surface area contributed by atoms with Crippen molar-refractivity contribution in [2.24, 2.45) is 5.41 Å². The van der Waals surface area contributed by atoms with Gasteiger partial charge in [-0.05, 0) is 53.0 Å². The van der Waals surface area contributed by atoms with E-state index < -0.39 is 0 Å². The van der Waals surface area contributed by atoms with E-state index in [9.17, 15) is 9.59 Å². The third-order valence-electron chi connectivity index (χ3n) is 4.22. The molecule has 2 aromatic rings. The Morgan fingerprint density at radius 1 is 0.742 bits per heavy atom. The summed E-state index contributed by atoms with van der Waals surface area (Å²) >= 11 is 23.7. The minimum absolute atomic E-state index is 0.245. The lowest BCUT2D eigenvalue weighted by Gasteiger charge is -2.24. The second kappa shape index (κ2) is 11.6. The summed E-state index contributed by atoms with van der Waals surface area (Å²) in [6.07, 6.45) is 6.16. The summed E-state index contributed by atoms with van der Waals surface area (Å²) in [4.78, 5) is 24.2. The van der Waals surface area contributed by atoms with Gasteiger partial charge in [0, 0.05) is 25.2 Å². The van der Waals surface area contributed by atoms with Crippen LogP contribution < -0.4 is 10.6 Å². The molecule has 2 amide bonds. The van der Waals surface area contributed by atoms with E-state index in [0.717, 1.165) is 11.1 Å². The Morgan fingerprint density at radius 3 is 1.48 bits per heavy atom. The first-order valence-corrected chi connectivity index (χ1v) is 10.9. The number of halogens is 4. The maximum Gasteiger partial charge on any atom is 0.244 e. The van der Waals surface area contributed by atoms with Crippen LogP contribution in [-0.2, 0) is 9.59 Å². The van der Waals surface area contributed by atoms with E-state index in [4.69, 9.17) is 46.4 Å². The van der Waals surface area contributed by atoms with Gasteiger partial charge in [-0.2, -0.15) is 0 Å². The first kappa shape index (κ1) is 25.3. The summed E-state index contributed by atoms with van der Waals surface area (Å²) in [6.45, 7) is 4.65. The molecule has 0 saturated carbocycles. The lowest BCUT2D eigenvalue weighted by atomic mass is 9.93. The summed E-state index contributed by atoms with van der Waals surface area (Å²) in [6, 6.07) is 10.2. The zero-order valence-corrected chi connectivity index (χ0v) is 20.0. The summed E-state index contributed by atoms with van der Waals surface area (Å²) in [7, 11) is 0.